The Bertz CT molecular complexity index is 1090. The van der Waals surface area contributed by atoms with Crippen molar-refractivity contribution in [2.24, 2.45) is 0 Å². The Kier molecular flexibility index (Phi) is 78.9. The van der Waals surface area contributed by atoms with E-state index in [1.807, 2.05) is 0 Å². The molecule has 0 aromatic heterocycles. The Morgan fingerprint density at radius 3 is 0.412 bits per heavy atom. The van der Waals surface area contributed by atoms with Crippen LogP contribution in [0.5, 0.6) is 0 Å². The van der Waals surface area contributed by atoms with Gasteiger partial charge in [0, 0.05) is 25.9 Å². The van der Waals surface area contributed by atoms with Gasteiger partial charge in [-0.05, 0) is 25.7 Å². The van der Waals surface area contributed by atoms with Gasteiger partial charge in [0.25, 0.3) is 0 Å². The average molecular weight is 1130 g/mol. The quantitative estimate of drug-likeness (QED) is 0.0596. The maximum absolute atomic E-state index is 12.1. The van der Waals surface area contributed by atoms with Crippen LogP contribution in [0, 0.1) is 0 Å². The van der Waals surface area contributed by atoms with E-state index in [2.05, 4.69) is 38.3 Å². The molecule has 0 unspecified atom stereocenters. The summed E-state index contributed by atoms with van der Waals surface area (Å²) < 4.78 is 0. The van der Waals surface area contributed by atoms with Crippen LogP contribution < -0.4 is 10.6 Å². The first kappa shape index (κ1) is 81.0. The molecule has 0 radical (unpaired) electrons. The van der Waals surface area contributed by atoms with Crippen LogP contribution in [0.2, 0.25) is 0 Å². The third-order valence-corrected chi connectivity index (χ3v) is 17.7. The van der Waals surface area contributed by atoms with Crippen LogP contribution >= 0.6 is 0 Å². The molecule has 0 aliphatic heterocycles. The van der Waals surface area contributed by atoms with Crippen LogP contribution in [0.3, 0.4) is 0 Å². The molecule has 2 N–H and O–H groups in total. The maximum atomic E-state index is 12.1. The van der Waals surface area contributed by atoms with Gasteiger partial charge in [-0.3, -0.25) is 9.59 Å². The van der Waals surface area contributed by atoms with Gasteiger partial charge in [0.1, 0.15) is 0 Å². The number of unbranched alkanes of at least 4 members (excludes halogenated alkanes) is 62. The van der Waals surface area contributed by atoms with E-state index in [-0.39, 0.29) is 11.8 Å². The molecule has 0 atom stereocenters. The Balaban J connectivity index is 0. The van der Waals surface area contributed by atoms with E-state index in [0.29, 0.717) is 0 Å². The molecule has 0 aromatic carbocycles. The number of nitrogens with one attached hydrogen (secondary N) is 2. The molecule has 0 aliphatic rings. The molecule has 0 aromatic rings. The number of amides is 2. The minimum Gasteiger partial charge on any atom is -0.356 e. The lowest BCUT2D eigenvalue weighted by atomic mass is 10.0. The highest BCUT2D eigenvalue weighted by molar-refractivity contribution is 5.76. The molecule has 0 saturated heterocycles. The highest BCUT2D eigenvalue weighted by Crippen LogP contribution is 2.19. The van der Waals surface area contributed by atoms with E-state index in [9.17, 15) is 9.59 Å². The van der Waals surface area contributed by atoms with Gasteiger partial charge < -0.3 is 10.6 Å². The van der Waals surface area contributed by atoms with Gasteiger partial charge >= 0.3 is 0 Å². The van der Waals surface area contributed by atoms with Crippen molar-refractivity contribution in [3.05, 3.63) is 0 Å². The summed E-state index contributed by atoms with van der Waals surface area (Å²) in [5.41, 5.74) is 0. The fourth-order valence-corrected chi connectivity index (χ4v) is 12.0. The maximum Gasteiger partial charge on any atom is 0.219 e. The van der Waals surface area contributed by atoms with E-state index in [1.54, 1.807) is 0 Å². The second-order valence-electron chi connectivity index (χ2n) is 26.1. The molecule has 80 heavy (non-hydrogen) atoms. The monoisotopic (exact) mass is 1130 g/mol. The van der Waals surface area contributed by atoms with Crippen LogP contribution in [0.25, 0.3) is 0 Å². The normalized spacial score (nSPS) is 11.3. The van der Waals surface area contributed by atoms with Crippen LogP contribution in [-0.4, -0.2) is 24.9 Å². The van der Waals surface area contributed by atoms with Gasteiger partial charge in [0.15, 0.2) is 0 Å². The first-order valence-corrected chi connectivity index (χ1v) is 38.2. The summed E-state index contributed by atoms with van der Waals surface area (Å²) in [7, 11) is 0. The molecule has 4 nitrogen and oxygen atoms in total. The second kappa shape index (κ2) is 77.9. The molecule has 0 spiro atoms. The predicted molar refractivity (Wildman–Crippen MR) is 363 cm³/mol. The Hall–Kier alpha value is -1.06. The fraction of sp³-hybridized carbons (Fsp3) is 0.974. The smallest absolute Gasteiger partial charge is 0.219 e. The third kappa shape index (κ3) is 79.0. The first-order chi connectivity index (χ1) is 39.6. The van der Waals surface area contributed by atoms with Crippen molar-refractivity contribution in [3.8, 4) is 0 Å². The van der Waals surface area contributed by atoms with Crippen molar-refractivity contribution in [2.75, 3.05) is 13.1 Å². The average Bonchev–Trinajstić information content (AvgIpc) is 3.46. The molecule has 0 saturated carbocycles. The number of carbonyl (C=O) groups is 2. The molecule has 0 rings (SSSR count). The summed E-state index contributed by atoms with van der Waals surface area (Å²) >= 11 is 0. The van der Waals surface area contributed by atoms with E-state index < -0.39 is 0 Å². The summed E-state index contributed by atoms with van der Waals surface area (Å²) in [5, 5.41) is 6.29. The largest absolute Gasteiger partial charge is 0.356 e. The Morgan fingerprint density at radius 1 is 0.163 bits per heavy atom. The number of carbonyl (C=O) groups excluding carboxylic acids is 2. The van der Waals surface area contributed by atoms with Crippen LogP contribution in [0.4, 0.5) is 0 Å². The zero-order valence-electron chi connectivity index (χ0n) is 56.3. The van der Waals surface area contributed by atoms with E-state index >= 15 is 0 Å². The van der Waals surface area contributed by atoms with Crippen molar-refractivity contribution in [2.45, 2.75) is 464 Å². The van der Waals surface area contributed by atoms with Crippen molar-refractivity contribution >= 4 is 11.8 Å². The zero-order chi connectivity index (χ0) is 58.1. The zero-order valence-corrected chi connectivity index (χ0v) is 56.3. The predicted octanol–water partition coefficient (Wildman–Crippen LogP) is 26.8. The van der Waals surface area contributed by atoms with E-state index in [0.717, 1.165) is 51.6 Å². The standard InChI is InChI=1S/C40H81NO.C36H73NO/c1-3-5-7-9-11-13-15-17-19-21-22-23-24-26-28-30-32-34-36-38-40(42)41-39-37-35-33-31-29-27-25-20-18-16-14-12-10-8-6-4-2;1-3-5-7-9-11-13-15-17-19-21-23-25-27-29-31-33-35-37-36(38)34-32-30-28-26-24-22-20-18-16-14-12-10-8-6-4-2/h3-39H2,1-2H3,(H,41,42);3-35H2,1-2H3,(H,37,38). The van der Waals surface area contributed by atoms with Gasteiger partial charge in [-0.1, -0.05) is 426 Å². The van der Waals surface area contributed by atoms with Crippen molar-refractivity contribution in [1.29, 1.82) is 0 Å². The van der Waals surface area contributed by atoms with Crippen LogP contribution in [0.1, 0.15) is 464 Å². The van der Waals surface area contributed by atoms with Crippen molar-refractivity contribution < 1.29 is 9.59 Å². The number of hydrogen-bond acceptors (Lipinski definition) is 2. The third-order valence-electron chi connectivity index (χ3n) is 17.7. The number of rotatable bonds is 70. The lowest BCUT2D eigenvalue weighted by Crippen LogP contribution is -2.23. The van der Waals surface area contributed by atoms with E-state index in [1.165, 1.54) is 398 Å². The van der Waals surface area contributed by atoms with Gasteiger partial charge in [-0.2, -0.15) is 0 Å². The molecule has 480 valence electrons. The van der Waals surface area contributed by atoms with Gasteiger partial charge in [0.05, 0.1) is 0 Å². The summed E-state index contributed by atoms with van der Waals surface area (Å²) in [5.74, 6) is 0.559. The summed E-state index contributed by atoms with van der Waals surface area (Å²) in [6, 6.07) is 0. The Labute approximate surface area is 507 Å². The van der Waals surface area contributed by atoms with Crippen LogP contribution in [0.15, 0.2) is 0 Å². The molecule has 0 bridgehead atoms. The van der Waals surface area contributed by atoms with Crippen molar-refractivity contribution in [1.82, 2.24) is 10.6 Å². The highest BCUT2D eigenvalue weighted by atomic mass is 16.2. The van der Waals surface area contributed by atoms with Gasteiger partial charge in [0.2, 0.25) is 11.8 Å². The van der Waals surface area contributed by atoms with Crippen molar-refractivity contribution in [3.63, 3.8) is 0 Å². The molecular formula is C76H154N2O2. The minimum absolute atomic E-state index is 0.278. The van der Waals surface area contributed by atoms with E-state index in [4.69, 9.17) is 0 Å². The molecule has 0 fully saturated rings. The molecule has 0 aliphatic carbocycles. The van der Waals surface area contributed by atoms with Gasteiger partial charge in [-0.15, -0.1) is 0 Å². The molecule has 2 amide bonds. The lowest BCUT2D eigenvalue weighted by molar-refractivity contribution is -0.122. The second-order valence-corrected chi connectivity index (χ2v) is 26.1. The fourth-order valence-electron chi connectivity index (χ4n) is 12.0. The number of hydrogen-bond donors (Lipinski definition) is 2. The SMILES string of the molecule is CCCCCCCCCCCCCCCCCCCCCC(=O)NCCCCCCCCCCCCCCCCCC.CCCCCCCCCCCCCCCCCCNC(=O)CCCCCCCCCCCCCCCCC. The highest BCUT2D eigenvalue weighted by Gasteiger charge is 2.04. The lowest BCUT2D eigenvalue weighted by Gasteiger charge is -2.06. The van der Waals surface area contributed by atoms with Gasteiger partial charge in [-0.25, -0.2) is 0 Å². The molecule has 0 heterocycles. The molecular weight excluding hydrogens is 973 g/mol. The summed E-state index contributed by atoms with van der Waals surface area (Å²) in [6.07, 6.45) is 93.4. The minimum atomic E-state index is 0.278. The Morgan fingerprint density at radius 2 is 0.275 bits per heavy atom. The molecule has 4 heteroatoms. The summed E-state index contributed by atoms with van der Waals surface area (Å²) in [4.78, 5) is 24.1. The summed E-state index contributed by atoms with van der Waals surface area (Å²) in [6.45, 7) is 11.0. The van der Waals surface area contributed by atoms with Crippen LogP contribution in [-0.2, 0) is 9.59 Å². The topological polar surface area (TPSA) is 58.2 Å². The first-order valence-electron chi connectivity index (χ1n) is 38.2.